The van der Waals surface area contributed by atoms with Gasteiger partial charge in [-0.05, 0) is 35.0 Å². The molecule has 0 saturated heterocycles. The Labute approximate surface area is 150 Å². The van der Waals surface area contributed by atoms with Gasteiger partial charge < -0.3 is 20.1 Å². The lowest BCUT2D eigenvalue weighted by Crippen LogP contribution is -2.29. The number of amides is 2. The first-order chi connectivity index (χ1) is 12.6. The molecule has 2 N–H and O–H groups in total. The second-order valence-corrected chi connectivity index (χ2v) is 5.54. The van der Waals surface area contributed by atoms with Crippen molar-refractivity contribution in [2.24, 2.45) is 0 Å². The fraction of sp³-hybridized carbons (Fsp3) is 0.100. The van der Waals surface area contributed by atoms with Crippen LogP contribution >= 0.6 is 0 Å². The van der Waals surface area contributed by atoms with E-state index in [0.717, 1.165) is 10.8 Å². The third-order valence-electron chi connectivity index (χ3n) is 3.87. The van der Waals surface area contributed by atoms with Crippen LogP contribution < -0.4 is 20.1 Å². The number of ether oxygens (including phenoxy) is 2. The van der Waals surface area contributed by atoms with Gasteiger partial charge in [0.25, 0.3) is 0 Å². The number of benzene rings is 3. The molecule has 0 unspecified atom stereocenters. The number of carbonyl (C=O) groups is 2. The van der Waals surface area contributed by atoms with E-state index in [2.05, 4.69) is 10.6 Å². The summed E-state index contributed by atoms with van der Waals surface area (Å²) in [6.07, 6.45) is 0. The molecular weight excluding hydrogens is 332 g/mol. The van der Waals surface area contributed by atoms with Crippen molar-refractivity contribution in [2.75, 3.05) is 24.9 Å². The standard InChI is InChI=1S/C20H18N2O4/c1-25-16-9-10-18(26-2)17(12-16)22-20(24)19(23)21-15-8-7-13-5-3-4-6-14(13)11-15/h3-12H,1-2H3,(H,21,23)(H,22,24). The highest BCUT2D eigenvalue weighted by atomic mass is 16.5. The van der Waals surface area contributed by atoms with Gasteiger partial charge in [0.2, 0.25) is 0 Å². The summed E-state index contributed by atoms with van der Waals surface area (Å²) in [5.41, 5.74) is 0.895. The van der Waals surface area contributed by atoms with Crippen LogP contribution in [0.25, 0.3) is 10.8 Å². The van der Waals surface area contributed by atoms with Gasteiger partial charge in [0.05, 0.1) is 19.9 Å². The second-order valence-electron chi connectivity index (χ2n) is 5.54. The molecule has 3 aromatic carbocycles. The Balaban J connectivity index is 1.74. The van der Waals surface area contributed by atoms with Crippen molar-refractivity contribution in [2.45, 2.75) is 0 Å². The fourth-order valence-corrected chi connectivity index (χ4v) is 2.55. The molecule has 0 aliphatic heterocycles. The van der Waals surface area contributed by atoms with Gasteiger partial charge in [-0.1, -0.05) is 30.3 Å². The van der Waals surface area contributed by atoms with E-state index in [0.29, 0.717) is 22.9 Å². The molecule has 0 aromatic heterocycles. The Morgan fingerprint density at radius 3 is 2.23 bits per heavy atom. The maximum atomic E-state index is 12.2. The number of nitrogens with one attached hydrogen (secondary N) is 2. The quantitative estimate of drug-likeness (QED) is 0.707. The van der Waals surface area contributed by atoms with Crippen LogP contribution in [0, 0.1) is 0 Å². The van der Waals surface area contributed by atoms with Gasteiger partial charge in [-0.15, -0.1) is 0 Å². The van der Waals surface area contributed by atoms with Crippen LogP contribution in [0.5, 0.6) is 11.5 Å². The molecule has 132 valence electrons. The number of rotatable bonds is 4. The fourth-order valence-electron chi connectivity index (χ4n) is 2.55. The van der Waals surface area contributed by atoms with Gasteiger partial charge in [0, 0.05) is 11.8 Å². The molecule has 6 nitrogen and oxygen atoms in total. The van der Waals surface area contributed by atoms with Crippen LogP contribution in [0.3, 0.4) is 0 Å². The molecule has 3 rings (SSSR count). The second kappa shape index (κ2) is 7.57. The minimum absolute atomic E-state index is 0.352. The van der Waals surface area contributed by atoms with Crippen molar-refractivity contribution in [1.29, 1.82) is 0 Å². The van der Waals surface area contributed by atoms with Crippen LogP contribution in [0.15, 0.2) is 60.7 Å². The normalized spacial score (nSPS) is 10.2. The summed E-state index contributed by atoms with van der Waals surface area (Å²) in [6.45, 7) is 0. The van der Waals surface area contributed by atoms with Crippen LogP contribution in [0.2, 0.25) is 0 Å². The van der Waals surface area contributed by atoms with Crippen LogP contribution in [-0.4, -0.2) is 26.0 Å². The van der Waals surface area contributed by atoms with Gasteiger partial charge in [-0.2, -0.15) is 0 Å². The van der Waals surface area contributed by atoms with E-state index in [9.17, 15) is 9.59 Å². The van der Waals surface area contributed by atoms with Gasteiger partial charge in [0.15, 0.2) is 0 Å². The number of hydrogen-bond acceptors (Lipinski definition) is 4. The molecule has 0 aliphatic rings. The monoisotopic (exact) mass is 350 g/mol. The first-order valence-corrected chi connectivity index (χ1v) is 7.94. The molecule has 26 heavy (non-hydrogen) atoms. The Morgan fingerprint density at radius 2 is 1.50 bits per heavy atom. The van der Waals surface area contributed by atoms with Gasteiger partial charge in [0.1, 0.15) is 11.5 Å². The Bertz CT molecular complexity index is 969. The molecule has 0 atom stereocenters. The highest BCUT2D eigenvalue weighted by Gasteiger charge is 2.17. The predicted octanol–water partition coefficient (Wildman–Crippen LogP) is 3.43. The van der Waals surface area contributed by atoms with Crippen molar-refractivity contribution in [1.82, 2.24) is 0 Å². The molecule has 0 saturated carbocycles. The third kappa shape index (κ3) is 3.75. The van der Waals surface area contributed by atoms with Crippen LogP contribution in [-0.2, 0) is 9.59 Å². The summed E-state index contributed by atoms with van der Waals surface area (Å²) >= 11 is 0. The molecule has 0 spiro atoms. The van der Waals surface area contributed by atoms with Crippen molar-refractivity contribution in [3.63, 3.8) is 0 Å². The molecule has 0 heterocycles. The maximum Gasteiger partial charge on any atom is 0.314 e. The van der Waals surface area contributed by atoms with Crippen molar-refractivity contribution >= 4 is 34.0 Å². The number of fused-ring (bicyclic) bond motifs is 1. The lowest BCUT2D eigenvalue weighted by molar-refractivity contribution is -0.133. The molecule has 0 bridgehead atoms. The molecule has 0 fully saturated rings. The summed E-state index contributed by atoms with van der Waals surface area (Å²) in [4.78, 5) is 24.4. The number of methoxy groups -OCH3 is 2. The zero-order valence-electron chi connectivity index (χ0n) is 14.4. The van der Waals surface area contributed by atoms with Crippen molar-refractivity contribution in [3.8, 4) is 11.5 Å². The Morgan fingerprint density at radius 1 is 0.769 bits per heavy atom. The maximum absolute atomic E-state index is 12.2. The topological polar surface area (TPSA) is 76.7 Å². The molecule has 6 heteroatoms. The first-order valence-electron chi connectivity index (χ1n) is 7.94. The first kappa shape index (κ1) is 17.3. The lowest BCUT2D eigenvalue weighted by Gasteiger charge is -2.12. The van der Waals surface area contributed by atoms with Gasteiger partial charge >= 0.3 is 11.8 Å². The number of hydrogen-bond donors (Lipinski definition) is 2. The highest BCUT2D eigenvalue weighted by molar-refractivity contribution is 6.43. The number of carbonyl (C=O) groups excluding carboxylic acids is 2. The Hall–Kier alpha value is -3.54. The predicted molar refractivity (Wildman–Crippen MR) is 101 cm³/mol. The van der Waals surface area contributed by atoms with E-state index in [1.54, 1.807) is 24.3 Å². The summed E-state index contributed by atoms with van der Waals surface area (Å²) in [7, 11) is 2.99. The van der Waals surface area contributed by atoms with E-state index < -0.39 is 11.8 Å². The molecule has 0 radical (unpaired) electrons. The summed E-state index contributed by atoms with van der Waals surface area (Å²) in [5, 5.41) is 7.16. The van der Waals surface area contributed by atoms with Crippen molar-refractivity contribution in [3.05, 3.63) is 60.7 Å². The molecule has 3 aromatic rings. The average molecular weight is 350 g/mol. The smallest absolute Gasteiger partial charge is 0.314 e. The SMILES string of the molecule is COc1ccc(OC)c(NC(=O)C(=O)Nc2ccc3ccccc3c2)c1. The molecular formula is C20H18N2O4. The Kier molecular flexibility index (Phi) is 5.03. The van der Waals surface area contributed by atoms with Gasteiger partial charge in [-0.3, -0.25) is 9.59 Å². The molecule has 0 aliphatic carbocycles. The van der Waals surface area contributed by atoms with Crippen LogP contribution in [0.4, 0.5) is 11.4 Å². The summed E-state index contributed by atoms with van der Waals surface area (Å²) < 4.78 is 10.3. The highest BCUT2D eigenvalue weighted by Crippen LogP contribution is 2.28. The summed E-state index contributed by atoms with van der Waals surface area (Å²) in [5.74, 6) is -0.608. The van der Waals surface area contributed by atoms with Crippen LogP contribution in [0.1, 0.15) is 0 Å². The van der Waals surface area contributed by atoms with E-state index in [-0.39, 0.29) is 0 Å². The van der Waals surface area contributed by atoms with Crippen molar-refractivity contribution < 1.29 is 19.1 Å². The molecule has 2 amide bonds. The zero-order valence-corrected chi connectivity index (χ0v) is 14.4. The minimum atomic E-state index is -0.801. The van der Waals surface area contributed by atoms with E-state index in [1.807, 2.05) is 36.4 Å². The zero-order chi connectivity index (χ0) is 18.5. The third-order valence-corrected chi connectivity index (χ3v) is 3.87. The van der Waals surface area contributed by atoms with E-state index in [4.69, 9.17) is 9.47 Å². The van der Waals surface area contributed by atoms with E-state index >= 15 is 0 Å². The largest absolute Gasteiger partial charge is 0.497 e. The van der Waals surface area contributed by atoms with Gasteiger partial charge in [-0.25, -0.2) is 0 Å². The van der Waals surface area contributed by atoms with E-state index in [1.165, 1.54) is 14.2 Å². The average Bonchev–Trinajstić information content (AvgIpc) is 2.67. The lowest BCUT2D eigenvalue weighted by atomic mass is 10.1. The number of anilines is 2. The summed E-state index contributed by atoms with van der Waals surface area (Å²) in [6, 6.07) is 18.1. The minimum Gasteiger partial charge on any atom is -0.497 e.